The van der Waals surface area contributed by atoms with Gasteiger partial charge in [0, 0.05) is 18.9 Å². The highest BCUT2D eigenvalue weighted by Gasteiger charge is 2.51. The fourth-order valence-corrected chi connectivity index (χ4v) is 6.17. The van der Waals surface area contributed by atoms with Crippen LogP contribution in [-0.2, 0) is 25.5 Å². The number of esters is 1. The van der Waals surface area contributed by atoms with Crippen molar-refractivity contribution in [3.05, 3.63) is 29.7 Å². The second-order valence-electron chi connectivity index (χ2n) is 9.35. The summed E-state index contributed by atoms with van der Waals surface area (Å²) in [6.45, 7) is 0. The molecular weight excluding hydrogens is 384 g/mol. The van der Waals surface area contributed by atoms with E-state index in [1.54, 1.807) is 12.1 Å². The molecular formula is C23H30N2O5. The Kier molecular flexibility index (Phi) is 5.97. The molecule has 1 aromatic heterocycles. The summed E-state index contributed by atoms with van der Waals surface area (Å²) in [5.41, 5.74) is 5.17. The van der Waals surface area contributed by atoms with Crippen molar-refractivity contribution in [3.63, 3.8) is 0 Å². The molecule has 7 nitrogen and oxygen atoms in total. The molecule has 4 fully saturated rings. The lowest BCUT2D eigenvalue weighted by atomic mass is 9.49. The van der Waals surface area contributed by atoms with E-state index in [4.69, 9.17) is 4.42 Å². The van der Waals surface area contributed by atoms with E-state index in [1.807, 2.05) is 0 Å². The van der Waals surface area contributed by atoms with E-state index in [9.17, 15) is 14.4 Å². The van der Waals surface area contributed by atoms with Crippen LogP contribution < -0.4 is 10.9 Å². The number of nitrogens with one attached hydrogen (secondary N) is 2. The maximum absolute atomic E-state index is 12.5. The Bertz CT molecular complexity index is 805. The van der Waals surface area contributed by atoms with Crippen LogP contribution in [0.2, 0.25) is 0 Å². The molecule has 2 amide bonds. The first kappa shape index (κ1) is 20.7. The topological polar surface area (TPSA) is 97.6 Å². The minimum atomic E-state index is -0.415. The average Bonchev–Trinajstić information content (AvgIpc) is 3.15. The molecule has 0 spiro atoms. The van der Waals surface area contributed by atoms with Crippen LogP contribution in [0, 0.1) is 23.2 Å². The van der Waals surface area contributed by atoms with E-state index in [0.717, 1.165) is 37.0 Å². The zero-order valence-electron chi connectivity index (χ0n) is 17.4. The molecule has 4 saturated carbocycles. The Morgan fingerprint density at radius 1 is 1.10 bits per heavy atom. The molecule has 1 heterocycles. The number of hydrogen-bond donors (Lipinski definition) is 2. The molecule has 0 aromatic carbocycles. The Balaban J connectivity index is 1.21. The van der Waals surface area contributed by atoms with Crippen LogP contribution in [0.25, 0.3) is 6.08 Å². The van der Waals surface area contributed by atoms with Crippen molar-refractivity contribution >= 4 is 23.9 Å². The van der Waals surface area contributed by atoms with Gasteiger partial charge in [-0.25, -0.2) is 0 Å². The normalized spacial score (nSPS) is 29.2. The molecule has 0 radical (unpaired) electrons. The fraction of sp³-hybridized carbons (Fsp3) is 0.609. The first-order valence-electron chi connectivity index (χ1n) is 10.9. The number of hydrogen-bond acceptors (Lipinski definition) is 5. The van der Waals surface area contributed by atoms with Gasteiger partial charge >= 0.3 is 5.97 Å². The molecule has 1 aromatic rings. The van der Waals surface area contributed by atoms with Gasteiger partial charge in [0.25, 0.3) is 5.91 Å². The Labute approximate surface area is 176 Å². The maximum Gasteiger partial charge on any atom is 0.305 e. The standard InChI is InChI=1S/C23H30N2O5/c1-29-22(28)7-5-19-3-2-18(30-19)4-6-20(26)24-25-21(27)14-23-11-15-8-16(12-23)10-17(9-15)13-23/h2-4,6,15-17H,5,7-14H2,1H3,(H,24,26)(H,25,27)/b6-4+. The summed E-state index contributed by atoms with van der Waals surface area (Å²) in [4.78, 5) is 35.7. The van der Waals surface area contributed by atoms with Crippen LogP contribution in [0.5, 0.6) is 0 Å². The lowest BCUT2D eigenvalue weighted by Crippen LogP contribution is -2.49. The van der Waals surface area contributed by atoms with Crippen LogP contribution in [0.15, 0.2) is 22.6 Å². The number of rotatable bonds is 7. The number of furan rings is 1. The molecule has 0 saturated heterocycles. The van der Waals surface area contributed by atoms with Gasteiger partial charge in [-0.05, 0) is 79.9 Å². The van der Waals surface area contributed by atoms with Gasteiger partial charge in [0.15, 0.2) is 0 Å². The molecule has 4 aliphatic rings. The van der Waals surface area contributed by atoms with Crippen molar-refractivity contribution in [2.75, 3.05) is 7.11 Å². The van der Waals surface area contributed by atoms with Crippen molar-refractivity contribution in [1.29, 1.82) is 0 Å². The second-order valence-corrected chi connectivity index (χ2v) is 9.35. The van der Waals surface area contributed by atoms with Crippen LogP contribution >= 0.6 is 0 Å². The van der Waals surface area contributed by atoms with Crippen LogP contribution in [0.1, 0.15) is 62.9 Å². The van der Waals surface area contributed by atoms with Gasteiger partial charge in [-0.2, -0.15) is 0 Å². The van der Waals surface area contributed by atoms with Crippen LogP contribution in [-0.4, -0.2) is 24.9 Å². The third-order valence-electron chi connectivity index (χ3n) is 6.91. The van der Waals surface area contributed by atoms with Crippen LogP contribution in [0.3, 0.4) is 0 Å². The number of carbonyl (C=O) groups is 3. The van der Waals surface area contributed by atoms with Gasteiger partial charge in [0.2, 0.25) is 5.91 Å². The number of aryl methyl sites for hydroxylation is 1. The smallest absolute Gasteiger partial charge is 0.305 e. The molecule has 0 unspecified atom stereocenters. The highest BCUT2D eigenvalue weighted by molar-refractivity contribution is 5.92. The number of amides is 2. The molecule has 4 aliphatic carbocycles. The monoisotopic (exact) mass is 414 g/mol. The molecule has 4 bridgehead atoms. The zero-order valence-corrected chi connectivity index (χ0v) is 17.4. The lowest BCUT2D eigenvalue weighted by molar-refractivity contribution is -0.140. The molecule has 7 heteroatoms. The van der Waals surface area contributed by atoms with E-state index in [1.165, 1.54) is 38.5 Å². The molecule has 0 aliphatic heterocycles. The summed E-state index contributed by atoms with van der Waals surface area (Å²) in [7, 11) is 1.35. The van der Waals surface area contributed by atoms with Gasteiger partial charge in [-0.1, -0.05) is 0 Å². The largest absolute Gasteiger partial charge is 0.469 e. The highest BCUT2D eigenvalue weighted by atomic mass is 16.5. The van der Waals surface area contributed by atoms with E-state index in [-0.39, 0.29) is 23.7 Å². The minimum absolute atomic E-state index is 0.109. The van der Waals surface area contributed by atoms with Gasteiger partial charge in [0.1, 0.15) is 11.5 Å². The molecule has 0 atom stereocenters. The molecule has 2 N–H and O–H groups in total. The number of hydrazine groups is 1. The predicted octanol–water partition coefficient (Wildman–Crippen LogP) is 3.15. The van der Waals surface area contributed by atoms with Crippen molar-refractivity contribution < 1.29 is 23.5 Å². The van der Waals surface area contributed by atoms with Gasteiger partial charge in [-0.15, -0.1) is 0 Å². The third-order valence-corrected chi connectivity index (χ3v) is 6.91. The maximum atomic E-state index is 12.5. The summed E-state index contributed by atoms with van der Waals surface area (Å²) in [5, 5.41) is 0. The van der Waals surface area contributed by atoms with E-state index in [2.05, 4.69) is 15.6 Å². The van der Waals surface area contributed by atoms with Crippen LogP contribution in [0.4, 0.5) is 0 Å². The van der Waals surface area contributed by atoms with E-state index >= 15 is 0 Å². The summed E-state index contributed by atoms with van der Waals surface area (Å²) in [6.07, 6.45) is 11.6. The van der Waals surface area contributed by atoms with Crippen molar-refractivity contribution in [3.8, 4) is 0 Å². The lowest BCUT2D eigenvalue weighted by Gasteiger charge is -2.56. The number of carbonyl (C=O) groups excluding carboxylic acids is 3. The highest BCUT2D eigenvalue weighted by Crippen LogP contribution is 2.61. The summed E-state index contributed by atoms with van der Waals surface area (Å²) < 4.78 is 10.2. The molecule has 30 heavy (non-hydrogen) atoms. The quantitative estimate of drug-likeness (QED) is 0.406. The molecule has 5 rings (SSSR count). The summed E-state index contributed by atoms with van der Waals surface area (Å²) in [6, 6.07) is 3.48. The first-order chi connectivity index (χ1) is 14.4. The first-order valence-corrected chi connectivity index (χ1v) is 10.9. The van der Waals surface area contributed by atoms with Gasteiger partial charge < -0.3 is 9.15 Å². The van der Waals surface area contributed by atoms with Crippen molar-refractivity contribution in [1.82, 2.24) is 10.9 Å². The van der Waals surface area contributed by atoms with Gasteiger partial charge in [0.05, 0.1) is 13.5 Å². The average molecular weight is 415 g/mol. The Morgan fingerprint density at radius 2 is 1.77 bits per heavy atom. The van der Waals surface area contributed by atoms with E-state index in [0.29, 0.717) is 24.4 Å². The predicted molar refractivity (Wildman–Crippen MR) is 110 cm³/mol. The Morgan fingerprint density at radius 3 is 2.40 bits per heavy atom. The van der Waals surface area contributed by atoms with Crippen molar-refractivity contribution in [2.45, 2.75) is 57.8 Å². The number of ether oxygens (including phenoxy) is 1. The Hall–Kier alpha value is -2.57. The summed E-state index contributed by atoms with van der Waals surface area (Å²) >= 11 is 0. The summed E-state index contributed by atoms with van der Waals surface area (Å²) in [5.74, 6) is 2.72. The second kappa shape index (κ2) is 8.66. The zero-order chi connectivity index (χ0) is 21.1. The minimum Gasteiger partial charge on any atom is -0.469 e. The third kappa shape index (κ3) is 4.94. The SMILES string of the molecule is COC(=O)CCc1ccc(/C=C/C(=O)NNC(=O)CC23CC4CC(CC(C4)C2)C3)o1. The molecule has 162 valence electrons. The van der Waals surface area contributed by atoms with Crippen molar-refractivity contribution in [2.24, 2.45) is 23.2 Å². The van der Waals surface area contributed by atoms with Gasteiger partial charge in [-0.3, -0.25) is 25.2 Å². The van der Waals surface area contributed by atoms with E-state index < -0.39 is 5.91 Å². The fourth-order valence-electron chi connectivity index (χ4n) is 6.17. The number of methoxy groups -OCH3 is 1.